The first-order valence-corrected chi connectivity index (χ1v) is 7.38. The smallest absolute Gasteiger partial charge is 0.313 e. The molecule has 5 nitrogen and oxygen atoms in total. The zero-order chi connectivity index (χ0) is 16.7. The van der Waals surface area contributed by atoms with Gasteiger partial charge in [0.1, 0.15) is 5.75 Å². The van der Waals surface area contributed by atoms with Gasteiger partial charge in [0.2, 0.25) is 0 Å². The summed E-state index contributed by atoms with van der Waals surface area (Å²) in [5, 5.41) is 5.20. The van der Waals surface area contributed by atoms with Crippen LogP contribution in [0.4, 0.5) is 5.69 Å². The summed E-state index contributed by atoms with van der Waals surface area (Å²) in [6.45, 7) is 2.39. The van der Waals surface area contributed by atoms with Gasteiger partial charge in [0.15, 0.2) is 0 Å². The molecule has 0 aliphatic rings. The number of benzene rings is 2. The van der Waals surface area contributed by atoms with E-state index in [0.717, 1.165) is 5.56 Å². The molecule has 23 heavy (non-hydrogen) atoms. The summed E-state index contributed by atoms with van der Waals surface area (Å²) in [6, 6.07) is 16.7. The number of rotatable bonds is 5. The molecule has 2 amide bonds. The minimum Gasteiger partial charge on any atom is -0.497 e. The average Bonchev–Trinajstić information content (AvgIpc) is 2.60. The second-order valence-corrected chi connectivity index (χ2v) is 5.21. The maximum Gasteiger partial charge on any atom is 0.313 e. The summed E-state index contributed by atoms with van der Waals surface area (Å²) >= 11 is 0. The molecular formula is C18H20N2O3. The fourth-order valence-corrected chi connectivity index (χ4v) is 2.11. The third kappa shape index (κ3) is 4.85. The number of nitrogens with one attached hydrogen (secondary N) is 2. The Morgan fingerprint density at radius 3 is 2.48 bits per heavy atom. The predicted octanol–water partition coefficient (Wildman–Crippen LogP) is 2.55. The number of hydrogen-bond acceptors (Lipinski definition) is 3. The topological polar surface area (TPSA) is 67.4 Å². The standard InChI is InChI=1S/C18H20N2O3/c1-13(14-7-4-3-5-8-14)12-19-17(21)18(22)20-15-9-6-10-16(11-15)23-2/h3-11,13H,12H2,1-2H3,(H,19,21)(H,20,22)/t13-/m0/s1. The van der Waals surface area contributed by atoms with E-state index in [1.54, 1.807) is 31.4 Å². The van der Waals surface area contributed by atoms with Crippen molar-refractivity contribution in [3.63, 3.8) is 0 Å². The first-order valence-electron chi connectivity index (χ1n) is 7.38. The van der Waals surface area contributed by atoms with Crippen LogP contribution in [-0.4, -0.2) is 25.5 Å². The minimum absolute atomic E-state index is 0.129. The molecule has 0 unspecified atom stereocenters. The molecule has 0 radical (unpaired) electrons. The lowest BCUT2D eigenvalue weighted by Gasteiger charge is -2.13. The quantitative estimate of drug-likeness (QED) is 0.834. The molecule has 0 spiro atoms. The lowest BCUT2D eigenvalue weighted by atomic mass is 10.0. The highest BCUT2D eigenvalue weighted by Gasteiger charge is 2.15. The highest BCUT2D eigenvalue weighted by Crippen LogP contribution is 2.16. The molecule has 0 heterocycles. The van der Waals surface area contributed by atoms with Crippen molar-refractivity contribution in [2.45, 2.75) is 12.8 Å². The summed E-state index contributed by atoms with van der Waals surface area (Å²) in [7, 11) is 1.54. The van der Waals surface area contributed by atoms with Crippen molar-refractivity contribution in [1.29, 1.82) is 0 Å². The number of hydrogen-bond donors (Lipinski definition) is 2. The second kappa shape index (κ2) is 7.98. The molecule has 0 saturated heterocycles. The van der Waals surface area contributed by atoms with Crippen LogP contribution in [0.25, 0.3) is 0 Å². The number of carbonyl (C=O) groups is 2. The van der Waals surface area contributed by atoms with E-state index < -0.39 is 11.8 Å². The van der Waals surface area contributed by atoms with E-state index in [-0.39, 0.29) is 5.92 Å². The molecule has 5 heteroatoms. The summed E-state index contributed by atoms with van der Waals surface area (Å²) in [5.74, 6) is -0.611. The van der Waals surface area contributed by atoms with Gasteiger partial charge in [-0.15, -0.1) is 0 Å². The van der Waals surface area contributed by atoms with Gasteiger partial charge in [-0.05, 0) is 23.6 Å². The Bertz CT molecular complexity index is 671. The van der Waals surface area contributed by atoms with Crippen LogP contribution in [0.15, 0.2) is 54.6 Å². The van der Waals surface area contributed by atoms with Crippen molar-refractivity contribution in [2.75, 3.05) is 19.0 Å². The van der Waals surface area contributed by atoms with Crippen molar-refractivity contribution in [1.82, 2.24) is 5.32 Å². The molecule has 2 N–H and O–H groups in total. The van der Waals surface area contributed by atoms with Gasteiger partial charge in [0, 0.05) is 18.3 Å². The number of methoxy groups -OCH3 is 1. The molecule has 0 fully saturated rings. The van der Waals surface area contributed by atoms with Crippen molar-refractivity contribution in [2.24, 2.45) is 0 Å². The van der Waals surface area contributed by atoms with Crippen LogP contribution in [0.2, 0.25) is 0 Å². The molecule has 2 aromatic rings. The summed E-state index contributed by atoms with van der Waals surface area (Å²) in [4.78, 5) is 23.8. The van der Waals surface area contributed by atoms with E-state index in [1.807, 2.05) is 37.3 Å². The molecule has 1 atom stereocenters. The maximum atomic E-state index is 11.9. The average molecular weight is 312 g/mol. The van der Waals surface area contributed by atoms with Gasteiger partial charge >= 0.3 is 11.8 Å². The Morgan fingerprint density at radius 1 is 1.04 bits per heavy atom. The number of anilines is 1. The first-order chi connectivity index (χ1) is 11.1. The summed E-state index contributed by atoms with van der Waals surface area (Å²) < 4.78 is 5.07. The van der Waals surface area contributed by atoms with Gasteiger partial charge in [0.05, 0.1) is 7.11 Å². The Morgan fingerprint density at radius 2 is 1.78 bits per heavy atom. The van der Waals surface area contributed by atoms with Crippen molar-refractivity contribution in [3.05, 3.63) is 60.2 Å². The minimum atomic E-state index is -0.696. The van der Waals surface area contributed by atoms with Crippen LogP contribution in [0.1, 0.15) is 18.4 Å². The van der Waals surface area contributed by atoms with E-state index in [2.05, 4.69) is 10.6 Å². The van der Waals surface area contributed by atoms with Gasteiger partial charge in [0.25, 0.3) is 0 Å². The summed E-state index contributed by atoms with van der Waals surface area (Å²) in [6.07, 6.45) is 0. The third-order valence-electron chi connectivity index (χ3n) is 3.47. The molecule has 2 rings (SSSR count). The molecular weight excluding hydrogens is 292 g/mol. The van der Waals surface area contributed by atoms with Gasteiger partial charge in [-0.25, -0.2) is 0 Å². The molecule has 2 aromatic carbocycles. The lowest BCUT2D eigenvalue weighted by molar-refractivity contribution is -0.136. The van der Waals surface area contributed by atoms with Crippen LogP contribution in [0.3, 0.4) is 0 Å². The molecule has 0 aliphatic heterocycles. The fourth-order valence-electron chi connectivity index (χ4n) is 2.11. The van der Waals surface area contributed by atoms with E-state index in [0.29, 0.717) is 18.0 Å². The van der Waals surface area contributed by atoms with E-state index in [1.165, 1.54) is 0 Å². The third-order valence-corrected chi connectivity index (χ3v) is 3.47. The molecule has 120 valence electrons. The number of ether oxygens (including phenoxy) is 1. The van der Waals surface area contributed by atoms with Gasteiger partial charge in [-0.3, -0.25) is 9.59 Å². The number of carbonyl (C=O) groups excluding carboxylic acids is 2. The van der Waals surface area contributed by atoms with Crippen molar-refractivity contribution in [3.8, 4) is 5.75 Å². The Balaban J connectivity index is 1.86. The monoisotopic (exact) mass is 312 g/mol. The van der Waals surface area contributed by atoms with Gasteiger partial charge in [-0.2, -0.15) is 0 Å². The zero-order valence-electron chi connectivity index (χ0n) is 13.2. The van der Waals surface area contributed by atoms with E-state index in [4.69, 9.17) is 4.74 Å². The zero-order valence-corrected chi connectivity index (χ0v) is 13.2. The number of amides is 2. The first kappa shape index (κ1) is 16.5. The van der Waals surface area contributed by atoms with Crippen LogP contribution < -0.4 is 15.4 Å². The van der Waals surface area contributed by atoms with Gasteiger partial charge in [-0.1, -0.05) is 43.3 Å². The predicted molar refractivity (Wildman–Crippen MR) is 89.5 cm³/mol. The van der Waals surface area contributed by atoms with Gasteiger partial charge < -0.3 is 15.4 Å². The van der Waals surface area contributed by atoms with Crippen molar-refractivity contribution < 1.29 is 14.3 Å². The maximum absolute atomic E-state index is 11.9. The van der Waals surface area contributed by atoms with E-state index >= 15 is 0 Å². The Labute approximate surface area is 135 Å². The van der Waals surface area contributed by atoms with Crippen LogP contribution in [-0.2, 0) is 9.59 Å². The lowest BCUT2D eigenvalue weighted by Crippen LogP contribution is -2.37. The SMILES string of the molecule is COc1cccc(NC(=O)C(=O)NC[C@H](C)c2ccccc2)c1. The van der Waals surface area contributed by atoms with Crippen LogP contribution >= 0.6 is 0 Å². The van der Waals surface area contributed by atoms with E-state index in [9.17, 15) is 9.59 Å². The molecule has 0 aromatic heterocycles. The molecule has 0 aliphatic carbocycles. The Kier molecular flexibility index (Phi) is 5.74. The second-order valence-electron chi connectivity index (χ2n) is 5.21. The highest BCUT2D eigenvalue weighted by atomic mass is 16.5. The fraction of sp³-hybridized carbons (Fsp3) is 0.222. The Hall–Kier alpha value is -2.82. The highest BCUT2D eigenvalue weighted by molar-refractivity contribution is 6.39. The largest absolute Gasteiger partial charge is 0.497 e. The molecule has 0 bridgehead atoms. The summed E-state index contributed by atoms with van der Waals surface area (Å²) in [5.41, 5.74) is 1.63. The van der Waals surface area contributed by atoms with Crippen molar-refractivity contribution >= 4 is 17.5 Å². The van der Waals surface area contributed by atoms with Crippen LogP contribution in [0, 0.1) is 0 Å². The molecule has 0 saturated carbocycles. The normalized spacial score (nSPS) is 11.4. The van der Waals surface area contributed by atoms with Crippen LogP contribution in [0.5, 0.6) is 5.75 Å².